The predicted octanol–water partition coefficient (Wildman–Crippen LogP) is 1.40. The van der Waals surface area contributed by atoms with Crippen molar-refractivity contribution in [3.05, 3.63) is 36.0 Å². The Morgan fingerprint density at radius 3 is 2.52 bits per heavy atom. The standard InChI is InChI=1S/C30H42N2O10/c1-17(5-8-23-18(2)13-22(20(4)40-23)31-25(34)10-7-19(3)33)6-9-24-29(38)30(16-39-30)15-21(41-24)14-28(37)42-32-26(35)11-12-27(32)36/h5-7,9-10,18-24,29,33,38H,8,11-16H2,1-4H3,(H,31,34)/b9-6+,10-7?,17-5+/t18-,19?,20+,21+,22+,23-,24+,29+,30+/m0/s1. The highest BCUT2D eigenvalue weighted by molar-refractivity contribution is 6.01. The SMILES string of the molecule is CC(/C=C/[C@H]1O[C@H](CC(=O)ON2C(=O)CCC2=O)C[C@@]2(CO2)[C@@H]1O)=C\C[C@@H]1O[C@H](C)[C@H](NC(=O)C=CC(C)O)C[C@@H]1C. The van der Waals surface area contributed by atoms with Crippen molar-refractivity contribution >= 4 is 23.7 Å². The van der Waals surface area contributed by atoms with Gasteiger partial charge in [0, 0.05) is 25.3 Å². The van der Waals surface area contributed by atoms with Crippen LogP contribution in [0.4, 0.5) is 0 Å². The van der Waals surface area contributed by atoms with Crippen molar-refractivity contribution in [3.8, 4) is 0 Å². The minimum atomic E-state index is -0.916. The van der Waals surface area contributed by atoms with Crippen molar-refractivity contribution in [2.45, 2.75) is 114 Å². The van der Waals surface area contributed by atoms with Crippen molar-refractivity contribution in [1.82, 2.24) is 10.4 Å². The molecule has 232 valence electrons. The van der Waals surface area contributed by atoms with Crippen LogP contribution in [-0.2, 0) is 38.2 Å². The molecule has 0 bridgehead atoms. The minimum absolute atomic E-state index is 0.0157. The van der Waals surface area contributed by atoms with Crippen LogP contribution in [0.1, 0.15) is 66.2 Å². The first-order valence-electron chi connectivity index (χ1n) is 14.6. The van der Waals surface area contributed by atoms with Crippen molar-refractivity contribution < 1.29 is 48.4 Å². The number of hydrogen-bond acceptors (Lipinski definition) is 10. The molecule has 9 atom stereocenters. The largest absolute Gasteiger partial charge is 0.389 e. The molecule has 0 aromatic heterocycles. The Balaban J connectivity index is 1.29. The number of nitrogens with one attached hydrogen (secondary N) is 1. The molecule has 0 aliphatic carbocycles. The van der Waals surface area contributed by atoms with Crippen LogP contribution >= 0.6 is 0 Å². The Morgan fingerprint density at radius 1 is 1.19 bits per heavy atom. The molecule has 42 heavy (non-hydrogen) atoms. The fourth-order valence-electron chi connectivity index (χ4n) is 5.57. The molecule has 3 amide bonds. The number of imide groups is 1. The van der Waals surface area contributed by atoms with Crippen molar-refractivity contribution in [2.24, 2.45) is 5.92 Å². The van der Waals surface area contributed by atoms with E-state index in [9.17, 15) is 29.4 Å². The lowest BCUT2D eigenvalue weighted by Gasteiger charge is -2.39. The van der Waals surface area contributed by atoms with E-state index >= 15 is 0 Å². The molecular formula is C30H42N2O10. The van der Waals surface area contributed by atoms with E-state index in [2.05, 4.69) is 12.2 Å². The van der Waals surface area contributed by atoms with E-state index in [0.717, 1.165) is 12.0 Å². The monoisotopic (exact) mass is 590 g/mol. The lowest BCUT2D eigenvalue weighted by atomic mass is 9.87. The van der Waals surface area contributed by atoms with Gasteiger partial charge in [-0.05, 0) is 39.5 Å². The van der Waals surface area contributed by atoms with Crippen molar-refractivity contribution in [3.63, 3.8) is 0 Å². The van der Waals surface area contributed by atoms with Gasteiger partial charge in [0.1, 0.15) is 17.8 Å². The Morgan fingerprint density at radius 2 is 1.88 bits per heavy atom. The maximum atomic E-state index is 12.4. The van der Waals surface area contributed by atoms with Gasteiger partial charge in [0.05, 0.1) is 43.5 Å². The van der Waals surface area contributed by atoms with Crippen LogP contribution in [0.3, 0.4) is 0 Å². The number of epoxide rings is 1. The highest BCUT2D eigenvalue weighted by Crippen LogP contribution is 2.43. The van der Waals surface area contributed by atoms with E-state index in [1.807, 2.05) is 26.0 Å². The third-order valence-corrected chi connectivity index (χ3v) is 8.17. The van der Waals surface area contributed by atoms with Gasteiger partial charge < -0.3 is 34.6 Å². The normalized spacial score (nSPS) is 36.2. The summed E-state index contributed by atoms with van der Waals surface area (Å²) in [6.07, 6.45) is 6.79. The molecule has 12 nitrogen and oxygen atoms in total. The number of aliphatic hydroxyl groups is 2. The van der Waals surface area contributed by atoms with E-state index in [1.54, 1.807) is 13.0 Å². The number of carbonyl (C=O) groups excluding carboxylic acids is 4. The summed E-state index contributed by atoms with van der Waals surface area (Å²) in [4.78, 5) is 53.0. The lowest BCUT2D eigenvalue weighted by molar-refractivity contribution is -0.202. The van der Waals surface area contributed by atoms with Crippen molar-refractivity contribution in [1.29, 1.82) is 0 Å². The van der Waals surface area contributed by atoms with Crippen LogP contribution < -0.4 is 5.32 Å². The second-order valence-electron chi connectivity index (χ2n) is 11.8. The molecule has 0 aromatic carbocycles. The number of hydroxylamine groups is 2. The first-order valence-corrected chi connectivity index (χ1v) is 14.6. The fourth-order valence-corrected chi connectivity index (χ4v) is 5.57. The lowest BCUT2D eigenvalue weighted by Crippen LogP contribution is -2.50. The summed E-state index contributed by atoms with van der Waals surface area (Å²) >= 11 is 0. The van der Waals surface area contributed by atoms with Gasteiger partial charge in [-0.1, -0.05) is 36.8 Å². The molecule has 0 saturated carbocycles. The number of ether oxygens (including phenoxy) is 3. The Bertz CT molecular complexity index is 1110. The first-order chi connectivity index (χ1) is 19.9. The van der Waals surface area contributed by atoms with Crippen LogP contribution in [0.5, 0.6) is 0 Å². The number of hydrogen-bond donors (Lipinski definition) is 3. The van der Waals surface area contributed by atoms with Gasteiger partial charge in [-0.2, -0.15) is 0 Å². The van der Waals surface area contributed by atoms with Gasteiger partial charge in [-0.25, -0.2) is 4.79 Å². The quantitative estimate of drug-likeness (QED) is 0.147. The topological polar surface area (TPSA) is 164 Å². The van der Waals surface area contributed by atoms with Gasteiger partial charge >= 0.3 is 5.97 Å². The van der Waals surface area contributed by atoms with Gasteiger partial charge in [0.25, 0.3) is 11.8 Å². The molecule has 12 heteroatoms. The second-order valence-corrected chi connectivity index (χ2v) is 11.8. The van der Waals surface area contributed by atoms with Gasteiger partial charge in [0.15, 0.2) is 0 Å². The molecule has 4 aliphatic rings. The first kappa shape index (κ1) is 32.0. The van der Waals surface area contributed by atoms with Gasteiger partial charge in [-0.15, -0.1) is 5.06 Å². The zero-order valence-corrected chi connectivity index (χ0v) is 24.6. The summed E-state index contributed by atoms with van der Waals surface area (Å²) < 4.78 is 17.8. The van der Waals surface area contributed by atoms with Crippen LogP contribution in [0.25, 0.3) is 0 Å². The van der Waals surface area contributed by atoms with E-state index in [-0.39, 0.29) is 55.8 Å². The van der Waals surface area contributed by atoms with Crippen LogP contribution in [0.2, 0.25) is 0 Å². The minimum Gasteiger partial charge on any atom is -0.389 e. The molecule has 0 aromatic rings. The molecule has 4 rings (SSSR count). The zero-order valence-electron chi connectivity index (χ0n) is 24.6. The van der Waals surface area contributed by atoms with Crippen LogP contribution in [0.15, 0.2) is 36.0 Å². The molecule has 4 fully saturated rings. The number of nitrogens with zero attached hydrogens (tertiary/aromatic N) is 1. The highest BCUT2D eigenvalue weighted by atomic mass is 16.7. The molecule has 4 aliphatic heterocycles. The second kappa shape index (κ2) is 13.6. The summed E-state index contributed by atoms with van der Waals surface area (Å²) in [6.45, 7) is 7.88. The van der Waals surface area contributed by atoms with Gasteiger partial charge in [0.2, 0.25) is 5.91 Å². The Hall–Kier alpha value is -2.90. The summed E-state index contributed by atoms with van der Waals surface area (Å²) in [6, 6.07) is -0.129. The molecule has 4 heterocycles. The molecular weight excluding hydrogens is 548 g/mol. The maximum Gasteiger partial charge on any atom is 0.335 e. The molecule has 4 saturated heterocycles. The number of amides is 3. The van der Waals surface area contributed by atoms with E-state index in [0.29, 0.717) is 18.1 Å². The molecule has 3 N–H and O–H groups in total. The van der Waals surface area contributed by atoms with Crippen LogP contribution in [-0.4, -0.2) is 93.8 Å². The summed E-state index contributed by atoms with van der Waals surface area (Å²) in [5.41, 5.74) is 0.139. The molecule has 0 radical (unpaired) electrons. The maximum absolute atomic E-state index is 12.4. The van der Waals surface area contributed by atoms with Crippen molar-refractivity contribution in [2.75, 3.05) is 6.61 Å². The summed E-state index contributed by atoms with van der Waals surface area (Å²) in [7, 11) is 0. The van der Waals surface area contributed by atoms with E-state index in [1.165, 1.54) is 12.2 Å². The van der Waals surface area contributed by atoms with E-state index < -0.39 is 47.8 Å². The third-order valence-electron chi connectivity index (χ3n) is 8.17. The fraction of sp³-hybridized carbons (Fsp3) is 0.667. The number of allylic oxidation sites excluding steroid dienone is 2. The van der Waals surface area contributed by atoms with Crippen LogP contribution in [0, 0.1) is 5.92 Å². The number of rotatable bonds is 10. The smallest absolute Gasteiger partial charge is 0.335 e. The molecule has 1 unspecified atom stereocenters. The average Bonchev–Trinajstić information content (AvgIpc) is 3.63. The third kappa shape index (κ3) is 8.13. The number of aliphatic hydroxyl groups excluding tert-OH is 2. The van der Waals surface area contributed by atoms with E-state index in [4.69, 9.17) is 19.0 Å². The number of carbonyl (C=O) groups is 4. The Labute approximate surface area is 245 Å². The zero-order chi connectivity index (χ0) is 30.6. The molecule has 1 spiro atoms. The Kier molecular flexibility index (Phi) is 10.4. The van der Waals surface area contributed by atoms with Gasteiger partial charge in [-0.3, -0.25) is 14.4 Å². The summed E-state index contributed by atoms with van der Waals surface area (Å²) in [5, 5.41) is 23.7. The predicted molar refractivity (Wildman–Crippen MR) is 148 cm³/mol. The highest BCUT2D eigenvalue weighted by Gasteiger charge is 2.58. The average molecular weight is 591 g/mol. The summed E-state index contributed by atoms with van der Waals surface area (Å²) in [5.74, 6) is -1.92.